The van der Waals surface area contributed by atoms with Gasteiger partial charge in [0.25, 0.3) is 5.91 Å². The molecule has 3 rings (SSSR count). The van der Waals surface area contributed by atoms with Crippen LogP contribution in [0.25, 0.3) is 0 Å². The van der Waals surface area contributed by atoms with Crippen LogP contribution >= 0.6 is 0 Å². The van der Waals surface area contributed by atoms with Crippen molar-refractivity contribution < 1.29 is 19.2 Å². The summed E-state index contributed by atoms with van der Waals surface area (Å²) in [4.78, 5) is 28.5. The van der Waals surface area contributed by atoms with Crippen molar-refractivity contribution in [2.24, 2.45) is 0 Å². The van der Waals surface area contributed by atoms with E-state index in [1.54, 1.807) is 0 Å². The molecule has 0 saturated carbocycles. The minimum absolute atomic E-state index is 0.0483. The molecule has 1 aromatic heterocycles. The molecule has 0 bridgehead atoms. The van der Waals surface area contributed by atoms with Crippen LogP contribution in [0.3, 0.4) is 0 Å². The normalized spacial score (nSPS) is 15.1. The van der Waals surface area contributed by atoms with Crippen LogP contribution < -0.4 is 15.0 Å². The van der Waals surface area contributed by atoms with E-state index in [4.69, 9.17) is 9.47 Å². The minimum atomic E-state index is -0.924. The van der Waals surface area contributed by atoms with Crippen molar-refractivity contribution in [1.82, 2.24) is 4.98 Å². The maximum Gasteiger partial charge on any atom is 0.406 e. The summed E-state index contributed by atoms with van der Waals surface area (Å²) >= 11 is 0. The van der Waals surface area contributed by atoms with Gasteiger partial charge >= 0.3 is 5.82 Å². The fraction of sp³-hybridized carbons (Fsp3) is 0.333. The second kappa shape index (κ2) is 8.45. The maximum atomic E-state index is 12.3. The van der Waals surface area contributed by atoms with E-state index in [2.05, 4.69) is 15.2 Å². The summed E-state index contributed by atoms with van der Waals surface area (Å²) in [5, 5.41) is 13.7. The van der Waals surface area contributed by atoms with E-state index in [1.165, 1.54) is 25.3 Å². The lowest BCUT2D eigenvalue weighted by molar-refractivity contribution is -0.390. The quantitative estimate of drug-likeness (QED) is 0.612. The van der Waals surface area contributed by atoms with Crippen LogP contribution in [-0.2, 0) is 9.53 Å². The highest BCUT2D eigenvalue weighted by Crippen LogP contribution is 2.24. The Hall–Kier alpha value is -3.20. The fourth-order valence-corrected chi connectivity index (χ4v) is 2.68. The molecule has 1 aliphatic heterocycles. The first-order valence-corrected chi connectivity index (χ1v) is 8.54. The summed E-state index contributed by atoms with van der Waals surface area (Å²) < 4.78 is 10.8. The summed E-state index contributed by atoms with van der Waals surface area (Å²) in [6.45, 7) is 4.59. The fourth-order valence-electron chi connectivity index (χ4n) is 2.68. The number of rotatable bonds is 6. The average molecular weight is 372 g/mol. The van der Waals surface area contributed by atoms with Crippen LogP contribution in [0.2, 0.25) is 0 Å². The minimum Gasteiger partial charge on any atom is -0.473 e. The molecule has 1 atom stereocenters. The van der Waals surface area contributed by atoms with Crippen molar-refractivity contribution in [3.63, 3.8) is 0 Å². The van der Waals surface area contributed by atoms with E-state index in [9.17, 15) is 14.9 Å². The third-order valence-electron chi connectivity index (χ3n) is 4.11. The van der Waals surface area contributed by atoms with E-state index < -0.39 is 22.8 Å². The molecule has 1 aromatic carbocycles. The van der Waals surface area contributed by atoms with Gasteiger partial charge in [0.15, 0.2) is 6.10 Å². The molecule has 1 fully saturated rings. The molecule has 0 aliphatic carbocycles. The average Bonchev–Trinajstić information content (AvgIpc) is 2.69. The highest BCUT2D eigenvalue weighted by atomic mass is 16.6. The third kappa shape index (κ3) is 4.70. The van der Waals surface area contributed by atoms with Gasteiger partial charge in [-0.25, -0.2) is 0 Å². The Bertz CT molecular complexity index is 806. The molecule has 1 N–H and O–H groups in total. The molecular formula is C18H20N4O5. The van der Waals surface area contributed by atoms with E-state index in [0.29, 0.717) is 18.9 Å². The number of carbonyl (C=O) groups is 1. The largest absolute Gasteiger partial charge is 0.473 e. The van der Waals surface area contributed by atoms with Gasteiger partial charge in [-0.1, -0.05) is 0 Å². The smallest absolute Gasteiger partial charge is 0.406 e. The topological polar surface area (TPSA) is 107 Å². The Morgan fingerprint density at radius 3 is 2.67 bits per heavy atom. The van der Waals surface area contributed by atoms with Crippen molar-refractivity contribution in [3.8, 4) is 5.75 Å². The molecule has 2 aromatic rings. The lowest BCUT2D eigenvalue weighted by atomic mass is 10.2. The maximum absolute atomic E-state index is 12.3. The van der Waals surface area contributed by atoms with Crippen molar-refractivity contribution >= 4 is 23.1 Å². The van der Waals surface area contributed by atoms with Gasteiger partial charge in [0.05, 0.1) is 13.2 Å². The highest BCUT2D eigenvalue weighted by molar-refractivity contribution is 5.94. The number of morpholine rings is 1. The van der Waals surface area contributed by atoms with Gasteiger partial charge in [0, 0.05) is 24.5 Å². The monoisotopic (exact) mass is 372 g/mol. The van der Waals surface area contributed by atoms with Crippen LogP contribution in [0.4, 0.5) is 17.2 Å². The van der Waals surface area contributed by atoms with Gasteiger partial charge in [0.1, 0.15) is 6.20 Å². The summed E-state index contributed by atoms with van der Waals surface area (Å²) in [6, 6.07) is 10.4. The van der Waals surface area contributed by atoms with Gasteiger partial charge in [-0.2, -0.15) is 0 Å². The summed E-state index contributed by atoms with van der Waals surface area (Å²) in [7, 11) is 0. The van der Waals surface area contributed by atoms with E-state index in [0.717, 1.165) is 18.8 Å². The molecule has 9 nitrogen and oxygen atoms in total. The first kappa shape index (κ1) is 18.6. The lowest BCUT2D eigenvalue weighted by Crippen LogP contribution is -2.36. The van der Waals surface area contributed by atoms with Crippen molar-refractivity contribution in [2.45, 2.75) is 13.0 Å². The number of pyridine rings is 1. The number of nitrogens with one attached hydrogen (secondary N) is 1. The standard InChI is InChI=1S/C18H20N4O5/c1-13(27-16-3-2-8-19-17(16)22(24)25)18(23)20-14-4-6-15(7-5-14)21-9-11-26-12-10-21/h2-8,13H,9-12H2,1H3,(H,20,23)/t13-/m1/s1. The molecular weight excluding hydrogens is 352 g/mol. The predicted octanol–water partition coefficient (Wildman–Crippen LogP) is 2.23. The van der Waals surface area contributed by atoms with E-state index in [-0.39, 0.29) is 5.75 Å². The Morgan fingerprint density at radius 1 is 1.30 bits per heavy atom. The lowest BCUT2D eigenvalue weighted by Gasteiger charge is -2.28. The zero-order chi connectivity index (χ0) is 19.2. The van der Waals surface area contributed by atoms with Crippen LogP contribution in [0.15, 0.2) is 42.6 Å². The number of anilines is 2. The molecule has 27 heavy (non-hydrogen) atoms. The number of carbonyl (C=O) groups excluding carboxylic acids is 1. The van der Waals surface area contributed by atoms with Crippen molar-refractivity contribution in [3.05, 3.63) is 52.7 Å². The molecule has 0 radical (unpaired) electrons. The molecule has 1 amide bonds. The van der Waals surface area contributed by atoms with Crippen molar-refractivity contribution in [1.29, 1.82) is 0 Å². The first-order valence-electron chi connectivity index (χ1n) is 8.54. The van der Waals surface area contributed by atoms with Crippen LogP contribution in [0.5, 0.6) is 5.75 Å². The van der Waals surface area contributed by atoms with Crippen LogP contribution in [-0.4, -0.2) is 48.2 Å². The van der Waals surface area contributed by atoms with Gasteiger partial charge in [-0.05, 0) is 53.2 Å². The van der Waals surface area contributed by atoms with Gasteiger partial charge in [0.2, 0.25) is 5.75 Å². The number of hydrogen-bond acceptors (Lipinski definition) is 7. The summed E-state index contributed by atoms with van der Waals surface area (Å²) in [6.07, 6.45) is 0.373. The molecule has 1 aliphatic rings. The molecule has 2 heterocycles. The number of aromatic nitrogens is 1. The van der Waals surface area contributed by atoms with Gasteiger partial charge in [-0.15, -0.1) is 0 Å². The number of nitrogens with zero attached hydrogens (tertiary/aromatic N) is 3. The number of benzene rings is 1. The Kier molecular flexibility index (Phi) is 5.82. The Morgan fingerprint density at radius 2 is 2.00 bits per heavy atom. The third-order valence-corrected chi connectivity index (χ3v) is 4.11. The molecule has 9 heteroatoms. The van der Waals surface area contributed by atoms with Gasteiger partial charge < -0.3 is 29.8 Å². The number of amides is 1. The Balaban J connectivity index is 1.60. The molecule has 0 spiro atoms. The summed E-state index contributed by atoms with van der Waals surface area (Å²) in [5.41, 5.74) is 1.68. The second-order valence-electron chi connectivity index (χ2n) is 5.98. The van der Waals surface area contributed by atoms with Crippen LogP contribution in [0, 0.1) is 10.1 Å². The van der Waals surface area contributed by atoms with E-state index >= 15 is 0 Å². The number of hydrogen-bond donors (Lipinski definition) is 1. The molecule has 0 unspecified atom stereocenters. The predicted molar refractivity (Wildman–Crippen MR) is 99.1 cm³/mol. The second-order valence-corrected chi connectivity index (χ2v) is 5.98. The zero-order valence-electron chi connectivity index (χ0n) is 14.8. The Labute approximate surface area is 156 Å². The number of nitro groups is 1. The first-order chi connectivity index (χ1) is 13.0. The van der Waals surface area contributed by atoms with Gasteiger partial charge in [-0.3, -0.25) is 4.79 Å². The van der Waals surface area contributed by atoms with Crippen LogP contribution in [0.1, 0.15) is 6.92 Å². The number of ether oxygens (including phenoxy) is 2. The molecule has 1 saturated heterocycles. The molecule has 142 valence electrons. The highest BCUT2D eigenvalue weighted by Gasteiger charge is 2.22. The SMILES string of the molecule is C[C@@H](Oc1cccnc1[N+](=O)[O-])C(=O)Nc1ccc(N2CCOCC2)cc1. The van der Waals surface area contributed by atoms with E-state index in [1.807, 2.05) is 24.3 Å². The zero-order valence-corrected chi connectivity index (χ0v) is 14.8. The van der Waals surface area contributed by atoms with Crippen molar-refractivity contribution in [2.75, 3.05) is 36.5 Å². The summed E-state index contributed by atoms with van der Waals surface area (Å²) in [5.74, 6) is -0.882.